The molecule has 0 saturated heterocycles. The number of aromatic nitrogens is 1. The molecule has 0 spiro atoms. The van der Waals surface area contributed by atoms with Crippen LogP contribution >= 0.6 is 11.3 Å². The predicted octanol–water partition coefficient (Wildman–Crippen LogP) is 6.20. The van der Waals surface area contributed by atoms with Crippen molar-refractivity contribution in [2.24, 2.45) is 4.99 Å². The van der Waals surface area contributed by atoms with Gasteiger partial charge in [0.1, 0.15) is 11.5 Å². The zero-order valence-electron chi connectivity index (χ0n) is 17.6. The molecule has 3 aromatic rings. The SMILES string of the molecule is COc1ccc(-c2csc(=Nc3cc(C)cc(C)c3)n2C2CCCC2)c(OC)c1. The van der Waals surface area contributed by atoms with E-state index >= 15 is 0 Å². The van der Waals surface area contributed by atoms with Crippen LogP contribution < -0.4 is 14.3 Å². The lowest BCUT2D eigenvalue weighted by atomic mass is 10.1. The fraction of sp³-hybridized carbons (Fsp3) is 0.375. The summed E-state index contributed by atoms with van der Waals surface area (Å²) in [4.78, 5) is 6.11. The number of hydrogen-bond donors (Lipinski definition) is 0. The first kappa shape index (κ1) is 19.8. The second kappa shape index (κ2) is 8.46. The van der Waals surface area contributed by atoms with Gasteiger partial charge < -0.3 is 14.0 Å². The maximum atomic E-state index is 5.70. The first-order valence-corrected chi connectivity index (χ1v) is 11.0. The number of methoxy groups -OCH3 is 2. The lowest BCUT2D eigenvalue weighted by Gasteiger charge is -2.18. The van der Waals surface area contributed by atoms with Gasteiger partial charge in [-0.25, -0.2) is 4.99 Å². The highest BCUT2D eigenvalue weighted by molar-refractivity contribution is 7.07. The number of benzene rings is 2. The van der Waals surface area contributed by atoms with Gasteiger partial charge in [0.25, 0.3) is 0 Å². The average molecular weight is 409 g/mol. The van der Waals surface area contributed by atoms with Gasteiger partial charge in [0.15, 0.2) is 4.80 Å². The number of rotatable bonds is 5. The van der Waals surface area contributed by atoms with Gasteiger partial charge in [-0.3, -0.25) is 0 Å². The van der Waals surface area contributed by atoms with Crippen molar-refractivity contribution in [3.05, 3.63) is 57.7 Å². The van der Waals surface area contributed by atoms with Crippen LogP contribution in [0, 0.1) is 13.8 Å². The van der Waals surface area contributed by atoms with E-state index in [-0.39, 0.29) is 0 Å². The Hall–Kier alpha value is -2.53. The summed E-state index contributed by atoms with van der Waals surface area (Å²) in [6, 6.07) is 13.0. The van der Waals surface area contributed by atoms with E-state index in [1.54, 1.807) is 25.6 Å². The molecule has 5 heteroatoms. The summed E-state index contributed by atoms with van der Waals surface area (Å²) in [5, 5.41) is 2.21. The highest BCUT2D eigenvalue weighted by Gasteiger charge is 2.23. The minimum Gasteiger partial charge on any atom is -0.497 e. The normalized spacial score (nSPS) is 15.1. The van der Waals surface area contributed by atoms with E-state index in [1.165, 1.54) is 42.5 Å². The van der Waals surface area contributed by atoms with Gasteiger partial charge in [-0.2, -0.15) is 0 Å². The van der Waals surface area contributed by atoms with Gasteiger partial charge in [-0.1, -0.05) is 18.9 Å². The van der Waals surface area contributed by atoms with Crippen molar-refractivity contribution in [1.82, 2.24) is 4.57 Å². The van der Waals surface area contributed by atoms with E-state index in [2.05, 4.69) is 48.1 Å². The number of hydrogen-bond acceptors (Lipinski definition) is 4. The molecule has 1 saturated carbocycles. The molecule has 0 N–H and O–H groups in total. The molecule has 1 fully saturated rings. The van der Waals surface area contributed by atoms with E-state index < -0.39 is 0 Å². The molecule has 0 bridgehead atoms. The predicted molar refractivity (Wildman–Crippen MR) is 119 cm³/mol. The largest absolute Gasteiger partial charge is 0.497 e. The molecule has 2 aromatic carbocycles. The molecule has 0 aliphatic heterocycles. The van der Waals surface area contributed by atoms with Crippen LogP contribution in [0.25, 0.3) is 11.3 Å². The summed E-state index contributed by atoms with van der Waals surface area (Å²) in [5.74, 6) is 1.63. The van der Waals surface area contributed by atoms with Crippen molar-refractivity contribution >= 4 is 17.0 Å². The summed E-state index contributed by atoms with van der Waals surface area (Å²) in [6.45, 7) is 4.25. The Morgan fingerprint density at radius 2 is 1.69 bits per heavy atom. The average Bonchev–Trinajstić information content (AvgIpc) is 3.36. The number of aryl methyl sites for hydroxylation is 2. The highest BCUT2D eigenvalue weighted by Crippen LogP contribution is 2.38. The lowest BCUT2D eigenvalue weighted by molar-refractivity contribution is 0.395. The minimum atomic E-state index is 0.479. The van der Waals surface area contributed by atoms with E-state index in [0.717, 1.165) is 27.6 Å². The number of thiazole rings is 1. The number of ether oxygens (including phenoxy) is 2. The summed E-state index contributed by atoms with van der Waals surface area (Å²) < 4.78 is 13.5. The monoisotopic (exact) mass is 408 g/mol. The molecule has 1 aromatic heterocycles. The first-order valence-electron chi connectivity index (χ1n) is 10.1. The molecule has 0 radical (unpaired) electrons. The van der Waals surface area contributed by atoms with Crippen molar-refractivity contribution < 1.29 is 9.47 Å². The van der Waals surface area contributed by atoms with Crippen LogP contribution in [0.5, 0.6) is 11.5 Å². The molecule has 4 nitrogen and oxygen atoms in total. The molecule has 152 valence electrons. The van der Waals surface area contributed by atoms with Gasteiger partial charge in [-0.15, -0.1) is 11.3 Å². The van der Waals surface area contributed by atoms with Crippen molar-refractivity contribution in [3.8, 4) is 22.8 Å². The van der Waals surface area contributed by atoms with Gasteiger partial charge in [0.2, 0.25) is 0 Å². The third kappa shape index (κ3) is 4.10. The zero-order valence-corrected chi connectivity index (χ0v) is 18.4. The Morgan fingerprint density at radius 1 is 0.966 bits per heavy atom. The summed E-state index contributed by atoms with van der Waals surface area (Å²) in [7, 11) is 3.39. The smallest absolute Gasteiger partial charge is 0.190 e. The van der Waals surface area contributed by atoms with Crippen LogP contribution in [0.4, 0.5) is 5.69 Å². The molecule has 0 atom stereocenters. The Morgan fingerprint density at radius 3 is 2.34 bits per heavy atom. The highest BCUT2D eigenvalue weighted by atomic mass is 32.1. The zero-order chi connectivity index (χ0) is 20.4. The minimum absolute atomic E-state index is 0.479. The molecule has 0 amide bonds. The fourth-order valence-corrected chi connectivity index (χ4v) is 5.23. The van der Waals surface area contributed by atoms with Crippen LogP contribution in [0.2, 0.25) is 0 Å². The van der Waals surface area contributed by atoms with Gasteiger partial charge in [0, 0.05) is 23.1 Å². The van der Waals surface area contributed by atoms with Crippen molar-refractivity contribution in [2.75, 3.05) is 14.2 Å². The van der Waals surface area contributed by atoms with Gasteiger partial charge in [0.05, 0.1) is 25.6 Å². The third-order valence-corrected chi connectivity index (χ3v) is 6.39. The van der Waals surface area contributed by atoms with Crippen molar-refractivity contribution in [3.63, 3.8) is 0 Å². The molecular formula is C24H28N2O2S. The molecule has 0 unspecified atom stereocenters. The topological polar surface area (TPSA) is 35.8 Å². The molecule has 29 heavy (non-hydrogen) atoms. The van der Waals surface area contributed by atoms with Crippen LogP contribution in [0.15, 0.2) is 46.8 Å². The molecule has 1 aliphatic carbocycles. The lowest BCUT2D eigenvalue weighted by Crippen LogP contribution is -2.20. The van der Waals surface area contributed by atoms with Crippen LogP contribution in [0.3, 0.4) is 0 Å². The van der Waals surface area contributed by atoms with E-state index in [4.69, 9.17) is 14.5 Å². The summed E-state index contributed by atoms with van der Waals surface area (Å²) in [5.41, 5.74) is 5.75. The second-order valence-electron chi connectivity index (χ2n) is 7.74. The second-order valence-corrected chi connectivity index (χ2v) is 8.57. The molecule has 1 heterocycles. The van der Waals surface area contributed by atoms with E-state index in [1.807, 2.05) is 12.1 Å². The fourth-order valence-electron chi connectivity index (χ4n) is 4.25. The molecular weight excluding hydrogens is 380 g/mol. The Bertz CT molecular complexity index is 1050. The maximum Gasteiger partial charge on any atom is 0.190 e. The third-order valence-electron chi connectivity index (χ3n) is 5.55. The summed E-state index contributed by atoms with van der Waals surface area (Å²) >= 11 is 1.70. The first-order chi connectivity index (χ1) is 14.1. The molecule has 4 rings (SSSR count). The molecule has 1 aliphatic rings. The van der Waals surface area contributed by atoms with Crippen LogP contribution in [0.1, 0.15) is 42.9 Å². The van der Waals surface area contributed by atoms with E-state index in [0.29, 0.717) is 6.04 Å². The Kier molecular flexibility index (Phi) is 5.76. The Labute approximate surface area is 176 Å². The van der Waals surface area contributed by atoms with Gasteiger partial charge in [-0.05, 0) is 62.1 Å². The Balaban J connectivity index is 1.89. The standard InChI is InChI=1S/C24H28N2O2S/c1-16-11-17(2)13-18(12-16)25-24-26(19-7-5-6-8-19)22(15-29-24)21-10-9-20(27-3)14-23(21)28-4/h9-15,19H,5-8H2,1-4H3. The maximum absolute atomic E-state index is 5.70. The van der Waals surface area contributed by atoms with E-state index in [9.17, 15) is 0 Å². The number of nitrogens with zero attached hydrogens (tertiary/aromatic N) is 2. The van der Waals surface area contributed by atoms with Crippen molar-refractivity contribution in [2.45, 2.75) is 45.6 Å². The van der Waals surface area contributed by atoms with Crippen LogP contribution in [-0.4, -0.2) is 18.8 Å². The summed E-state index contributed by atoms with van der Waals surface area (Å²) in [6.07, 6.45) is 4.94. The van der Waals surface area contributed by atoms with Crippen molar-refractivity contribution in [1.29, 1.82) is 0 Å². The van der Waals surface area contributed by atoms with Crippen LogP contribution in [-0.2, 0) is 0 Å². The quantitative estimate of drug-likeness (QED) is 0.504. The van der Waals surface area contributed by atoms with Gasteiger partial charge >= 0.3 is 0 Å².